The SMILES string of the molecule is CC/C=C\C/C=C\C/C=C\C/C=C\C/C=C\CCCC(=O)OCC(COC(=O)CCCCCCCCCCCCCCCCCCCCCCCC)OC(=O)CCCCCCCCC/C=C\CCCCCCCCC. The third kappa shape index (κ3) is 61.6. The first kappa shape index (κ1) is 71.8. The molecule has 0 rings (SSSR count). The van der Waals surface area contributed by atoms with E-state index in [1.54, 1.807) is 0 Å². The molecular formula is C69H122O6. The number of esters is 3. The zero-order valence-corrected chi connectivity index (χ0v) is 49.8. The minimum atomic E-state index is -0.800. The third-order valence-electron chi connectivity index (χ3n) is 14.2. The van der Waals surface area contributed by atoms with Crippen molar-refractivity contribution in [3.63, 3.8) is 0 Å². The number of allylic oxidation sites excluding steroid dienone is 12. The van der Waals surface area contributed by atoms with E-state index in [4.69, 9.17) is 14.2 Å². The van der Waals surface area contributed by atoms with Gasteiger partial charge in [-0.25, -0.2) is 0 Å². The monoisotopic (exact) mass is 1050 g/mol. The van der Waals surface area contributed by atoms with E-state index in [9.17, 15) is 14.4 Å². The molecule has 0 amide bonds. The number of carbonyl (C=O) groups is 3. The molecule has 0 aliphatic carbocycles. The Balaban J connectivity index is 4.39. The highest BCUT2D eigenvalue weighted by Gasteiger charge is 2.19. The summed E-state index contributed by atoms with van der Waals surface area (Å²) < 4.78 is 16.9. The zero-order valence-electron chi connectivity index (χ0n) is 49.8. The highest BCUT2D eigenvalue weighted by molar-refractivity contribution is 5.71. The van der Waals surface area contributed by atoms with Crippen molar-refractivity contribution in [1.82, 2.24) is 0 Å². The molecule has 0 aliphatic heterocycles. The molecule has 0 spiro atoms. The Labute approximate surface area is 465 Å². The maximum absolute atomic E-state index is 12.9. The largest absolute Gasteiger partial charge is 0.462 e. The van der Waals surface area contributed by atoms with Gasteiger partial charge in [0.1, 0.15) is 13.2 Å². The maximum atomic E-state index is 12.9. The molecule has 0 fully saturated rings. The number of hydrogen-bond acceptors (Lipinski definition) is 6. The molecule has 434 valence electrons. The number of hydrogen-bond donors (Lipinski definition) is 0. The molecule has 0 radical (unpaired) electrons. The van der Waals surface area contributed by atoms with Crippen LogP contribution in [0.5, 0.6) is 0 Å². The van der Waals surface area contributed by atoms with Crippen molar-refractivity contribution in [3.05, 3.63) is 72.9 Å². The van der Waals surface area contributed by atoms with Crippen LogP contribution in [0.15, 0.2) is 72.9 Å². The van der Waals surface area contributed by atoms with Crippen LogP contribution in [0.2, 0.25) is 0 Å². The van der Waals surface area contributed by atoms with Crippen LogP contribution in [0.25, 0.3) is 0 Å². The Bertz CT molecular complexity index is 1390. The predicted molar refractivity (Wildman–Crippen MR) is 325 cm³/mol. The van der Waals surface area contributed by atoms with Crippen LogP contribution >= 0.6 is 0 Å². The van der Waals surface area contributed by atoms with Gasteiger partial charge in [0.2, 0.25) is 0 Å². The van der Waals surface area contributed by atoms with Crippen molar-refractivity contribution >= 4 is 17.9 Å². The fraction of sp³-hybridized carbons (Fsp3) is 0.783. The van der Waals surface area contributed by atoms with Crippen LogP contribution in [0.4, 0.5) is 0 Å². The molecule has 0 heterocycles. The Morgan fingerprint density at radius 3 is 0.880 bits per heavy atom. The van der Waals surface area contributed by atoms with Crippen LogP contribution in [0, 0.1) is 0 Å². The maximum Gasteiger partial charge on any atom is 0.306 e. The fourth-order valence-electron chi connectivity index (χ4n) is 9.36. The van der Waals surface area contributed by atoms with Crippen LogP contribution in [0.3, 0.4) is 0 Å². The van der Waals surface area contributed by atoms with Crippen molar-refractivity contribution in [2.45, 2.75) is 335 Å². The summed E-state index contributed by atoms with van der Waals surface area (Å²) in [5.74, 6) is -0.940. The van der Waals surface area contributed by atoms with Crippen molar-refractivity contribution in [1.29, 1.82) is 0 Å². The summed E-state index contributed by atoms with van der Waals surface area (Å²) in [5, 5.41) is 0. The first-order chi connectivity index (χ1) is 37.0. The lowest BCUT2D eigenvalue weighted by Gasteiger charge is -2.18. The second kappa shape index (κ2) is 63.4. The topological polar surface area (TPSA) is 78.9 Å². The lowest BCUT2D eigenvalue weighted by molar-refractivity contribution is -0.167. The van der Waals surface area contributed by atoms with E-state index in [1.165, 1.54) is 205 Å². The van der Waals surface area contributed by atoms with Gasteiger partial charge in [0.25, 0.3) is 0 Å². The Morgan fingerprint density at radius 1 is 0.280 bits per heavy atom. The van der Waals surface area contributed by atoms with Gasteiger partial charge in [-0.2, -0.15) is 0 Å². The summed E-state index contributed by atoms with van der Waals surface area (Å²) in [6.07, 6.45) is 82.0. The van der Waals surface area contributed by atoms with Gasteiger partial charge in [-0.15, -0.1) is 0 Å². The summed E-state index contributed by atoms with van der Waals surface area (Å²) in [6.45, 7) is 6.52. The average molecular weight is 1050 g/mol. The summed E-state index contributed by atoms with van der Waals surface area (Å²) in [5.41, 5.74) is 0. The second-order valence-electron chi connectivity index (χ2n) is 21.6. The molecule has 0 aliphatic rings. The van der Waals surface area contributed by atoms with Crippen molar-refractivity contribution in [2.24, 2.45) is 0 Å². The Hall–Kier alpha value is -3.15. The van der Waals surface area contributed by atoms with Gasteiger partial charge in [0, 0.05) is 19.3 Å². The van der Waals surface area contributed by atoms with E-state index in [1.807, 2.05) is 0 Å². The molecule has 1 atom stereocenters. The first-order valence-corrected chi connectivity index (χ1v) is 32.4. The molecule has 0 bridgehead atoms. The molecule has 0 saturated heterocycles. The molecule has 0 N–H and O–H groups in total. The first-order valence-electron chi connectivity index (χ1n) is 32.4. The molecule has 0 aromatic carbocycles. The van der Waals surface area contributed by atoms with Gasteiger partial charge >= 0.3 is 17.9 Å². The standard InChI is InChI=1S/C69H122O6/c1-4-7-10-13-16-19-22-25-28-31-33-34-35-36-39-41-44-47-50-53-56-59-62-68(71)74-65-66(64-73-67(70)61-58-55-52-49-46-43-40-37-30-27-24-21-18-15-12-9-6-3)75-69(72)63-60-57-54-51-48-45-42-38-32-29-26-23-20-17-14-11-8-5-2/h9,12,18,21,27,29-30,32,40,43,49,52,66H,4-8,10-11,13-17,19-20,22-26,28,31,33-39,41-42,44-48,50-51,53-65H2,1-3H3/b12-9-,21-18-,30-27-,32-29-,43-40-,52-49-. The van der Waals surface area contributed by atoms with Crippen LogP contribution in [0.1, 0.15) is 329 Å². The predicted octanol–water partition coefficient (Wildman–Crippen LogP) is 22.1. The number of rotatable bonds is 59. The van der Waals surface area contributed by atoms with E-state index >= 15 is 0 Å². The fourth-order valence-corrected chi connectivity index (χ4v) is 9.36. The number of ether oxygens (including phenoxy) is 3. The third-order valence-corrected chi connectivity index (χ3v) is 14.2. The molecule has 0 aromatic heterocycles. The minimum Gasteiger partial charge on any atom is -0.462 e. The van der Waals surface area contributed by atoms with Gasteiger partial charge in [-0.3, -0.25) is 14.4 Å². The van der Waals surface area contributed by atoms with E-state index in [2.05, 4.69) is 93.7 Å². The molecular weight excluding hydrogens is 925 g/mol. The van der Waals surface area contributed by atoms with Crippen molar-refractivity contribution in [3.8, 4) is 0 Å². The van der Waals surface area contributed by atoms with Crippen molar-refractivity contribution < 1.29 is 28.6 Å². The normalized spacial score (nSPS) is 12.5. The Kier molecular flexibility index (Phi) is 60.7. The van der Waals surface area contributed by atoms with Gasteiger partial charge in [-0.1, -0.05) is 299 Å². The lowest BCUT2D eigenvalue weighted by Crippen LogP contribution is -2.30. The lowest BCUT2D eigenvalue weighted by atomic mass is 10.0. The van der Waals surface area contributed by atoms with Crippen LogP contribution in [-0.4, -0.2) is 37.2 Å². The molecule has 0 saturated carbocycles. The summed E-state index contributed by atoms with van der Waals surface area (Å²) in [6, 6.07) is 0. The summed E-state index contributed by atoms with van der Waals surface area (Å²) in [4.78, 5) is 38.3. The van der Waals surface area contributed by atoms with E-state index in [0.717, 1.165) is 77.0 Å². The van der Waals surface area contributed by atoms with E-state index < -0.39 is 6.10 Å². The van der Waals surface area contributed by atoms with Crippen molar-refractivity contribution in [2.75, 3.05) is 13.2 Å². The molecule has 6 nitrogen and oxygen atoms in total. The molecule has 1 unspecified atom stereocenters. The quantitative estimate of drug-likeness (QED) is 0.0261. The molecule has 0 aromatic rings. The molecule has 75 heavy (non-hydrogen) atoms. The average Bonchev–Trinajstić information content (AvgIpc) is 3.41. The number of unbranched alkanes of at least 4 members (excludes halogenated alkanes) is 36. The van der Waals surface area contributed by atoms with E-state index in [0.29, 0.717) is 19.3 Å². The minimum absolute atomic E-state index is 0.0918. The zero-order chi connectivity index (χ0) is 54.3. The summed E-state index contributed by atoms with van der Waals surface area (Å²) >= 11 is 0. The van der Waals surface area contributed by atoms with Gasteiger partial charge in [0.15, 0.2) is 6.10 Å². The number of carbonyl (C=O) groups excluding carboxylic acids is 3. The highest BCUT2D eigenvalue weighted by atomic mass is 16.6. The second-order valence-corrected chi connectivity index (χ2v) is 21.6. The van der Waals surface area contributed by atoms with Crippen LogP contribution in [-0.2, 0) is 28.6 Å². The summed E-state index contributed by atoms with van der Waals surface area (Å²) in [7, 11) is 0. The molecule has 6 heteroatoms. The van der Waals surface area contributed by atoms with Gasteiger partial charge in [-0.05, 0) is 83.5 Å². The van der Waals surface area contributed by atoms with Gasteiger partial charge < -0.3 is 14.2 Å². The van der Waals surface area contributed by atoms with E-state index in [-0.39, 0.29) is 37.5 Å². The highest BCUT2D eigenvalue weighted by Crippen LogP contribution is 2.17. The van der Waals surface area contributed by atoms with Crippen LogP contribution < -0.4 is 0 Å². The smallest absolute Gasteiger partial charge is 0.306 e. The van der Waals surface area contributed by atoms with Gasteiger partial charge in [0.05, 0.1) is 0 Å². The Morgan fingerprint density at radius 2 is 0.533 bits per heavy atom.